The van der Waals surface area contributed by atoms with Crippen molar-refractivity contribution in [2.24, 2.45) is 0 Å². The maximum absolute atomic E-state index is 6.32. The van der Waals surface area contributed by atoms with Crippen LogP contribution in [-0.4, -0.2) is 18.3 Å². The maximum Gasteiger partial charge on any atom is 0.490 e. The van der Waals surface area contributed by atoms with Crippen LogP contribution in [0.4, 0.5) is 0 Å². The van der Waals surface area contributed by atoms with Crippen molar-refractivity contribution in [2.45, 2.75) is 105 Å². The molecule has 1 saturated heterocycles. The van der Waals surface area contributed by atoms with Crippen molar-refractivity contribution in [1.29, 1.82) is 0 Å². The number of hydrogen-bond donors (Lipinski definition) is 0. The van der Waals surface area contributed by atoms with E-state index in [9.17, 15) is 0 Å². The lowest BCUT2D eigenvalue weighted by atomic mass is 9.72. The molecule has 0 atom stereocenters. The lowest BCUT2D eigenvalue weighted by Crippen LogP contribution is -2.41. The third-order valence-electron chi connectivity index (χ3n) is 5.03. The highest BCUT2D eigenvalue weighted by Gasteiger charge is 2.52. The molecule has 0 bridgehead atoms. The Hall–Kier alpha value is -0.535. The van der Waals surface area contributed by atoms with E-state index in [0.29, 0.717) is 0 Å². The predicted molar refractivity (Wildman–Crippen MR) is 102 cm³/mol. The molecular weight excluding hydrogens is 283 g/mol. The number of rotatable bonds is 9. The summed E-state index contributed by atoms with van der Waals surface area (Å²) in [4.78, 5) is 0. The third kappa shape index (κ3) is 5.50. The predicted octanol–water partition coefficient (Wildman–Crippen LogP) is 6.26. The van der Waals surface area contributed by atoms with Crippen molar-refractivity contribution in [2.75, 3.05) is 0 Å². The molecule has 0 aliphatic carbocycles. The van der Waals surface area contributed by atoms with Gasteiger partial charge in [-0.3, -0.25) is 0 Å². The van der Waals surface area contributed by atoms with Gasteiger partial charge in [0.1, 0.15) is 0 Å². The fourth-order valence-corrected chi connectivity index (χ4v) is 2.85. The van der Waals surface area contributed by atoms with Gasteiger partial charge in [0.15, 0.2) is 0 Å². The van der Waals surface area contributed by atoms with Crippen LogP contribution in [0.3, 0.4) is 0 Å². The van der Waals surface area contributed by atoms with E-state index in [-0.39, 0.29) is 18.3 Å². The van der Waals surface area contributed by atoms with E-state index in [1.807, 2.05) is 0 Å². The number of hydrogen-bond acceptors (Lipinski definition) is 2. The van der Waals surface area contributed by atoms with Crippen molar-refractivity contribution in [3.63, 3.8) is 0 Å². The van der Waals surface area contributed by atoms with Gasteiger partial charge in [-0.1, -0.05) is 64.2 Å². The van der Waals surface area contributed by atoms with Crippen molar-refractivity contribution < 1.29 is 9.31 Å². The molecule has 0 aromatic rings. The molecule has 132 valence electrons. The molecule has 0 aromatic carbocycles. The molecule has 1 aliphatic rings. The normalized spacial score (nSPS) is 21.1. The quantitative estimate of drug-likeness (QED) is 0.283. The summed E-state index contributed by atoms with van der Waals surface area (Å²) in [5.74, 6) is 0. The maximum atomic E-state index is 6.32. The highest BCUT2D eigenvalue weighted by atomic mass is 16.7. The minimum Gasteiger partial charge on any atom is -0.400 e. The van der Waals surface area contributed by atoms with Gasteiger partial charge in [0, 0.05) is 0 Å². The Balaban J connectivity index is 3.05. The largest absolute Gasteiger partial charge is 0.490 e. The van der Waals surface area contributed by atoms with Crippen LogP contribution in [0.1, 0.15) is 93.4 Å². The Morgan fingerprint density at radius 2 is 1.43 bits per heavy atom. The Kier molecular flexibility index (Phi) is 8.10. The molecule has 0 spiro atoms. The molecule has 3 heteroatoms. The Morgan fingerprint density at radius 1 is 0.870 bits per heavy atom. The van der Waals surface area contributed by atoms with Crippen LogP contribution in [0.2, 0.25) is 0 Å². The first kappa shape index (κ1) is 20.5. The first-order valence-corrected chi connectivity index (χ1v) is 9.53. The lowest BCUT2D eigenvalue weighted by molar-refractivity contribution is 0.00578. The molecule has 1 fully saturated rings. The van der Waals surface area contributed by atoms with Crippen LogP contribution in [-0.2, 0) is 9.31 Å². The molecule has 0 N–H and O–H groups in total. The summed E-state index contributed by atoms with van der Waals surface area (Å²) in [7, 11) is -0.197. The van der Waals surface area contributed by atoms with E-state index in [2.05, 4.69) is 60.6 Å². The molecular formula is C20H37BO2. The minimum atomic E-state index is -0.264. The van der Waals surface area contributed by atoms with Crippen molar-refractivity contribution in [3.05, 3.63) is 23.2 Å². The van der Waals surface area contributed by atoms with Gasteiger partial charge >= 0.3 is 7.12 Å². The van der Waals surface area contributed by atoms with Gasteiger partial charge in [-0.25, -0.2) is 0 Å². The van der Waals surface area contributed by atoms with Gasteiger partial charge < -0.3 is 9.31 Å². The van der Waals surface area contributed by atoms with E-state index in [1.165, 1.54) is 23.9 Å². The first-order chi connectivity index (χ1) is 10.8. The van der Waals surface area contributed by atoms with Gasteiger partial charge in [0.2, 0.25) is 0 Å². The van der Waals surface area contributed by atoms with E-state index in [0.717, 1.165) is 32.1 Å². The fraction of sp³-hybridized carbons (Fsp3) is 0.800. The van der Waals surface area contributed by atoms with Crippen molar-refractivity contribution in [3.8, 4) is 0 Å². The van der Waals surface area contributed by atoms with E-state index in [4.69, 9.17) is 9.31 Å². The monoisotopic (exact) mass is 320 g/mol. The second-order valence-corrected chi connectivity index (χ2v) is 7.68. The zero-order valence-corrected chi connectivity index (χ0v) is 16.5. The van der Waals surface area contributed by atoms with Gasteiger partial charge in [-0.2, -0.15) is 0 Å². The Bertz CT molecular complexity index is 405. The van der Waals surface area contributed by atoms with Crippen LogP contribution in [0.15, 0.2) is 23.2 Å². The van der Waals surface area contributed by atoms with Crippen molar-refractivity contribution >= 4 is 7.12 Å². The van der Waals surface area contributed by atoms with Gasteiger partial charge in [0.25, 0.3) is 0 Å². The standard InChI is InChI=1S/C20H37BO2/c1-8-11-12-13-16-17(14-9-2)18(15-10-3)21-22-19(4,5)20(6,7)23-21/h13,16H,8-12,14-15H2,1-7H3/b16-13+,18-17-. The summed E-state index contributed by atoms with van der Waals surface area (Å²) in [5, 5.41) is 0. The Morgan fingerprint density at radius 3 is 1.91 bits per heavy atom. The van der Waals surface area contributed by atoms with Crippen molar-refractivity contribution in [1.82, 2.24) is 0 Å². The molecule has 0 radical (unpaired) electrons. The fourth-order valence-electron chi connectivity index (χ4n) is 2.85. The van der Waals surface area contributed by atoms with Gasteiger partial charge in [-0.05, 0) is 52.4 Å². The summed E-state index contributed by atoms with van der Waals surface area (Å²) in [6, 6.07) is 0. The second kappa shape index (κ2) is 9.08. The second-order valence-electron chi connectivity index (χ2n) is 7.68. The highest BCUT2D eigenvalue weighted by Crippen LogP contribution is 2.40. The Labute approximate surface area is 144 Å². The average molecular weight is 320 g/mol. The minimum absolute atomic E-state index is 0.197. The highest BCUT2D eigenvalue weighted by molar-refractivity contribution is 6.54. The lowest BCUT2D eigenvalue weighted by Gasteiger charge is -2.32. The molecule has 1 rings (SSSR count). The molecule has 0 aromatic heterocycles. The summed E-state index contributed by atoms with van der Waals surface area (Å²) < 4.78 is 12.6. The van der Waals surface area contributed by atoms with Crippen LogP contribution in [0.5, 0.6) is 0 Å². The van der Waals surface area contributed by atoms with E-state index < -0.39 is 0 Å². The third-order valence-corrected chi connectivity index (χ3v) is 5.03. The topological polar surface area (TPSA) is 18.5 Å². The van der Waals surface area contributed by atoms with Gasteiger partial charge in [-0.15, -0.1) is 0 Å². The summed E-state index contributed by atoms with van der Waals surface area (Å²) in [6.07, 6.45) is 12.7. The van der Waals surface area contributed by atoms with Crippen LogP contribution in [0, 0.1) is 0 Å². The molecule has 0 amide bonds. The molecule has 0 saturated carbocycles. The van der Waals surface area contributed by atoms with Crippen LogP contribution >= 0.6 is 0 Å². The van der Waals surface area contributed by atoms with Crippen LogP contribution < -0.4 is 0 Å². The smallest absolute Gasteiger partial charge is 0.400 e. The zero-order chi connectivity index (χ0) is 17.5. The summed E-state index contributed by atoms with van der Waals surface area (Å²) >= 11 is 0. The summed E-state index contributed by atoms with van der Waals surface area (Å²) in [5.41, 5.74) is 2.24. The molecule has 0 unspecified atom stereocenters. The average Bonchev–Trinajstić information content (AvgIpc) is 2.68. The van der Waals surface area contributed by atoms with Gasteiger partial charge in [0.05, 0.1) is 11.2 Å². The summed E-state index contributed by atoms with van der Waals surface area (Å²) in [6.45, 7) is 15.2. The molecule has 23 heavy (non-hydrogen) atoms. The molecule has 1 heterocycles. The SMILES string of the molecule is CCCC/C=C/C(CCC)=C(/CCC)B1OC(C)(C)C(C)(C)O1. The molecule has 2 nitrogen and oxygen atoms in total. The van der Waals surface area contributed by atoms with E-state index in [1.54, 1.807) is 0 Å². The number of allylic oxidation sites excluding steroid dienone is 4. The molecule has 1 aliphatic heterocycles. The first-order valence-electron chi connectivity index (χ1n) is 9.53. The number of unbranched alkanes of at least 4 members (excludes halogenated alkanes) is 2. The zero-order valence-electron chi connectivity index (χ0n) is 16.5. The van der Waals surface area contributed by atoms with E-state index >= 15 is 0 Å². The van der Waals surface area contributed by atoms with Crippen LogP contribution in [0.25, 0.3) is 0 Å².